The van der Waals surface area contributed by atoms with Crippen LogP contribution in [0.2, 0.25) is 0 Å². The number of thioether (sulfide) groups is 1. The molecule has 0 saturated heterocycles. The maximum Gasteiger partial charge on any atom is 0.276 e. The zero-order valence-corrected chi connectivity index (χ0v) is 8.67. The van der Waals surface area contributed by atoms with E-state index in [0.29, 0.717) is 11.1 Å². The van der Waals surface area contributed by atoms with Gasteiger partial charge in [-0.05, 0) is 18.6 Å². The van der Waals surface area contributed by atoms with E-state index in [9.17, 15) is 0 Å². The Morgan fingerprint density at radius 2 is 2.43 bits per heavy atom. The van der Waals surface area contributed by atoms with Gasteiger partial charge in [-0.1, -0.05) is 18.7 Å². The maximum absolute atomic E-state index is 5.44. The van der Waals surface area contributed by atoms with Crippen molar-refractivity contribution < 1.29 is 4.42 Å². The predicted octanol–water partition coefficient (Wildman–Crippen LogP) is 2.57. The Kier molecular flexibility index (Phi) is 2.88. The van der Waals surface area contributed by atoms with Crippen LogP contribution in [0.1, 0.15) is 13.3 Å². The van der Waals surface area contributed by atoms with Gasteiger partial charge in [0.1, 0.15) is 5.69 Å². The van der Waals surface area contributed by atoms with Crippen LogP contribution in [0, 0.1) is 0 Å². The molecular formula is C9H11N3OS. The van der Waals surface area contributed by atoms with Gasteiger partial charge in [0.05, 0.1) is 0 Å². The molecule has 2 aromatic heterocycles. The number of nitrogens with one attached hydrogen (secondary N) is 1. The van der Waals surface area contributed by atoms with Crippen molar-refractivity contribution in [3.63, 3.8) is 0 Å². The van der Waals surface area contributed by atoms with Gasteiger partial charge in [0, 0.05) is 11.9 Å². The van der Waals surface area contributed by atoms with Crippen molar-refractivity contribution in [1.82, 2.24) is 15.2 Å². The summed E-state index contributed by atoms with van der Waals surface area (Å²) in [5.41, 5.74) is 0.862. The first-order chi connectivity index (χ1) is 6.90. The average Bonchev–Trinajstić information content (AvgIpc) is 2.85. The number of aromatic nitrogens is 3. The van der Waals surface area contributed by atoms with E-state index in [2.05, 4.69) is 22.1 Å². The summed E-state index contributed by atoms with van der Waals surface area (Å²) in [7, 11) is 0. The summed E-state index contributed by atoms with van der Waals surface area (Å²) in [6.07, 6.45) is 2.93. The Hall–Kier alpha value is -1.23. The van der Waals surface area contributed by atoms with Gasteiger partial charge in [-0.15, -0.1) is 10.2 Å². The van der Waals surface area contributed by atoms with E-state index in [1.807, 2.05) is 18.3 Å². The summed E-state index contributed by atoms with van der Waals surface area (Å²) in [5, 5.41) is 8.51. The van der Waals surface area contributed by atoms with Gasteiger partial charge in [0.15, 0.2) is 0 Å². The SMILES string of the molecule is CCCSc1nnc(-c2ccc[nH]2)o1. The van der Waals surface area contributed by atoms with E-state index >= 15 is 0 Å². The molecule has 14 heavy (non-hydrogen) atoms. The molecule has 0 aliphatic carbocycles. The van der Waals surface area contributed by atoms with Gasteiger partial charge in [0.2, 0.25) is 0 Å². The first-order valence-electron chi connectivity index (χ1n) is 4.50. The van der Waals surface area contributed by atoms with Crippen molar-refractivity contribution in [2.45, 2.75) is 18.6 Å². The van der Waals surface area contributed by atoms with Gasteiger partial charge in [-0.2, -0.15) is 0 Å². The quantitative estimate of drug-likeness (QED) is 0.786. The molecule has 0 atom stereocenters. The minimum Gasteiger partial charge on any atom is -0.410 e. The summed E-state index contributed by atoms with van der Waals surface area (Å²) < 4.78 is 5.44. The van der Waals surface area contributed by atoms with Crippen LogP contribution < -0.4 is 0 Å². The molecule has 0 aromatic carbocycles. The van der Waals surface area contributed by atoms with Gasteiger partial charge in [-0.25, -0.2) is 0 Å². The highest BCUT2D eigenvalue weighted by Gasteiger charge is 2.08. The third-order valence-electron chi connectivity index (χ3n) is 1.66. The smallest absolute Gasteiger partial charge is 0.276 e. The molecule has 2 heterocycles. The summed E-state index contributed by atoms with van der Waals surface area (Å²) in [6, 6.07) is 3.81. The predicted molar refractivity (Wildman–Crippen MR) is 55.1 cm³/mol. The molecule has 0 radical (unpaired) electrons. The van der Waals surface area contributed by atoms with Crippen molar-refractivity contribution in [3.05, 3.63) is 18.3 Å². The normalized spacial score (nSPS) is 10.6. The van der Waals surface area contributed by atoms with E-state index in [1.165, 1.54) is 0 Å². The molecule has 0 aliphatic rings. The van der Waals surface area contributed by atoms with E-state index < -0.39 is 0 Å². The summed E-state index contributed by atoms with van der Waals surface area (Å²) in [4.78, 5) is 3.02. The third-order valence-corrected chi connectivity index (χ3v) is 2.69. The molecule has 1 N–H and O–H groups in total. The highest BCUT2D eigenvalue weighted by molar-refractivity contribution is 7.99. The standard InChI is InChI=1S/C9H11N3OS/c1-2-6-14-9-12-11-8(13-9)7-4-3-5-10-7/h3-5,10H,2,6H2,1H3. The molecular weight excluding hydrogens is 198 g/mol. The van der Waals surface area contributed by atoms with Crippen LogP contribution >= 0.6 is 11.8 Å². The molecule has 0 bridgehead atoms. The molecule has 0 saturated carbocycles. The number of nitrogens with zero attached hydrogens (tertiary/aromatic N) is 2. The Morgan fingerprint density at radius 1 is 1.50 bits per heavy atom. The Labute approximate surface area is 86.1 Å². The average molecular weight is 209 g/mol. The molecule has 0 spiro atoms. The van der Waals surface area contributed by atoms with Crippen LogP contribution in [-0.4, -0.2) is 20.9 Å². The van der Waals surface area contributed by atoms with Gasteiger partial charge in [-0.3, -0.25) is 0 Å². The van der Waals surface area contributed by atoms with Crippen molar-refractivity contribution in [2.24, 2.45) is 0 Å². The Balaban J connectivity index is 2.10. The molecule has 5 heteroatoms. The summed E-state index contributed by atoms with van der Waals surface area (Å²) in [6.45, 7) is 2.12. The number of hydrogen-bond acceptors (Lipinski definition) is 4. The molecule has 2 aromatic rings. The third kappa shape index (κ3) is 1.98. The van der Waals surface area contributed by atoms with Crippen molar-refractivity contribution >= 4 is 11.8 Å². The highest BCUT2D eigenvalue weighted by atomic mass is 32.2. The van der Waals surface area contributed by atoms with Gasteiger partial charge < -0.3 is 9.40 Å². The van der Waals surface area contributed by atoms with Crippen LogP contribution in [0.15, 0.2) is 28.0 Å². The largest absolute Gasteiger partial charge is 0.410 e. The molecule has 0 fully saturated rings. The zero-order chi connectivity index (χ0) is 9.80. The summed E-state index contributed by atoms with van der Waals surface area (Å²) >= 11 is 1.58. The summed E-state index contributed by atoms with van der Waals surface area (Å²) in [5.74, 6) is 1.56. The molecule has 2 rings (SSSR count). The van der Waals surface area contributed by atoms with Crippen LogP contribution in [0.25, 0.3) is 11.6 Å². The Bertz CT molecular complexity index is 382. The van der Waals surface area contributed by atoms with E-state index in [1.54, 1.807) is 11.8 Å². The molecule has 4 nitrogen and oxygen atoms in total. The lowest BCUT2D eigenvalue weighted by atomic mass is 10.4. The number of hydrogen-bond donors (Lipinski definition) is 1. The number of aromatic amines is 1. The fourth-order valence-electron chi connectivity index (χ4n) is 1.03. The fourth-order valence-corrected chi connectivity index (χ4v) is 1.64. The van der Waals surface area contributed by atoms with Crippen LogP contribution in [0.3, 0.4) is 0 Å². The van der Waals surface area contributed by atoms with E-state index in [0.717, 1.165) is 17.9 Å². The van der Waals surface area contributed by atoms with Crippen LogP contribution in [-0.2, 0) is 0 Å². The maximum atomic E-state index is 5.44. The minimum absolute atomic E-state index is 0.550. The molecule has 0 amide bonds. The zero-order valence-electron chi connectivity index (χ0n) is 7.86. The number of rotatable bonds is 4. The van der Waals surface area contributed by atoms with Crippen molar-refractivity contribution in [3.8, 4) is 11.6 Å². The molecule has 0 unspecified atom stereocenters. The second-order valence-electron chi connectivity index (χ2n) is 2.81. The van der Waals surface area contributed by atoms with Gasteiger partial charge >= 0.3 is 0 Å². The Morgan fingerprint density at radius 3 is 3.14 bits per heavy atom. The second kappa shape index (κ2) is 4.32. The first kappa shape index (κ1) is 9.33. The van der Waals surface area contributed by atoms with E-state index in [4.69, 9.17) is 4.42 Å². The lowest BCUT2D eigenvalue weighted by molar-refractivity contribution is 0.464. The molecule has 74 valence electrons. The first-order valence-corrected chi connectivity index (χ1v) is 5.48. The minimum atomic E-state index is 0.550. The van der Waals surface area contributed by atoms with Gasteiger partial charge in [0.25, 0.3) is 11.1 Å². The lowest BCUT2D eigenvalue weighted by Crippen LogP contribution is -1.75. The number of H-pyrrole nitrogens is 1. The highest BCUT2D eigenvalue weighted by Crippen LogP contribution is 2.21. The topological polar surface area (TPSA) is 54.7 Å². The van der Waals surface area contributed by atoms with Crippen molar-refractivity contribution in [2.75, 3.05) is 5.75 Å². The monoisotopic (exact) mass is 209 g/mol. The van der Waals surface area contributed by atoms with Crippen LogP contribution in [0.5, 0.6) is 0 Å². The van der Waals surface area contributed by atoms with E-state index in [-0.39, 0.29) is 0 Å². The lowest BCUT2D eigenvalue weighted by Gasteiger charge is -1.89. The molecule has 0 aliphatic heterocycles. The fraction of sp³-hybridized carbons (Fsp3) is 0.333. The van der Waals surface area contributed by atoms with Crippen molar-refractivity contribution in [1.29, 1.82) is 0 Å². The second-order valence-corrected chi connectivity index (χ2v) is 3.85. The van der Waals surface area contributed by atoms with Crippen LogP contribution in [0.4, 0.5) is 0 Å².